The summed E-state index contributed by atoms with van der Waals surface area (Å²) in [6.07, 6.45) is 2.82. The van der Waals surface area contributed by atoms with Crippen LogP contribution in [0.2, 0.25) is 0 Å². The molecule has 0 fully saturated rings. The lowest BCUT2D eigenvalue weighted by atomic mass is 10.1. The number of methoxy groups -OCH3 is 2. The monoisotopic (exact) mass is 459 g/mol. The molecule has 3 rings (SSSR count). The minimum absolute atomic E-state index is 0.0297. The quantitative estimate of drug-likeness (QED) is 0.271. The van der Waals surface area contributed by atoms with Gasteiger partial charge >= 0.3 is 0 Å². The molecule has 0 saturated carbocycles. The number of nitrogens with zero attached hydrogens (tertiary/aromatic N) is 1. The lowest BCUT2D eigenvalue weighted by Crippen LogP contribution is -2.32. The van der Waals surface area contributed by atoms with Crippen LogP contribution in [-0.4, -0.2) is 37.4 Å². The molecule has 0 heterocycles. The van der Waals surface area contributed by atoms with Crippen LogP contribution in [0.1, 0.15) is 27.0 Å². The van der Waals surface area contributed by atoms with E-state index in [1.165, 1.54) is 26.5 Å². The van der Waals surface area contributed by atoms with Gasteiger partial charge in [0.2, 0.25) is 0 Å². The Morgan fingerprint density at radius 1 is 0.941 bits per heavy atom. The molecule has 8 heteroatoms. The van der Waals surface area contributed by atoms with Gasteiger partial charge < -0.3 is 19.9 Å². The smallest absolute Gasteiger partial charge is 0.287 e. The maximum atomic E-state index is 12.9. The molecular weight excluding hydrogens is 434 g/mol. The fraction of sp³-hybridized carbons (Fsp3) is 0.115. The number of hydrogen-bond donors (Lipinski definition) is 3. The van der Waals surface area contributed by atoms with Gasteiger partial charge in [0.15, 0.2) is 11.5 Å². The van der Waals surface area contributed by atoms with E-state index in [-0.39, 0.29) is 11.4 Å². The highest BCUT2D eigenvalue weighted by molar-refractivity contribution is 6.05. The molecule has 0 aromatic heterocycles. The van der Waals surface area contributed by atoms with Gasteiger partial charge in [-0.25, -0.2) is 5.43 Å². The van der Waals surface area contributed by atoms with E-state index < -0.39 is 11.8 Å². The molecule has 174 valence electrons. The van der Waals surface area contributed by atoms with Crippen LogP contribution in [0.3, 0.4) is 0 Å². The summed E-state index contributed by atoms with van der Waals surface area (Å²) in [6, 6.07) is 18.6. The van der Waals surface area contributed by atoms with Crippen molar-refractivity contribution in [2.75, 3.05) is 14.2 Å². The van der Waals surface area contributed by atoms with E-state index in [1.807, 2.05) is 6.92 Å². The summed E-state index contributed by atoms with van der Waals surface area (Å²) < 4.78 is 10.6. The van der Waals surface area contributed by atoms with E-state index in [1.54, 1.807) is 66.7 Å². The first-order valence-corrected chi connectivity index (χ1v) is 10.3. The molecule has 3 aromatic carbocycles. The first kappa shape index (κ1) is 24.1. The Hall–Kier alpha value is -4.59. The number of carbonyl (C=O) groups is 2. The number of hydrazone groups is 1. The second kappa shape index (κ2) is 11.3. The summed E-state index contributed by atoms with van der Waals surface area (Å²) in [5.41, 5.74) is 4.70. The van der Waals surface area contributed by atoms with Gasteiger partial charge in [0, 0.05) is 11.1 Å². The van der Waals surface area contributed by atoms with Gasteiger partial charge in [-0.05, 0) is 55.0 Å². The van der Waals surface area contributed by atoms with Crippen molar-refractivity contribution in [3.05, 3.63) is 94.7 Å². The molecule has 0 aliphatic carbocycles. The highest BCUT2D eigenvalue weighted by atomic mass is 16.5. The van der Waals surface area contributed by atoms with E-state index in [4.69, 9.17) is 9.47 Å². The van der Waals surface area contributed by atoms with E-state index >= 15 is 0 Å². The molecule has 3 aromatic rings. The van der Waals surface area contributed by atoms with Crippen LogP contribution in [0.15, 0.2) is 77.5 Å². The predicted molar refractivity (Wildman–Crippen MR) is 130 cm³/mol. The third-order valence-electron chi connectivity index (χ3n) is 4.80. The fourth-order valence-corrected chi connectivity index (χ4v) is 3.05. The van der Waals surface area contributed by atoms with Crippen molar-refractivity contribution in [1.82, 2.24) is 10.7 Å². The van der Waals surface area contributed by atoms with E-state index in [0.29, 0.717) is 28.2 Å². The minimum Gasteiger partial charge on any atom is -0.507 e. The molecular formula is C26H25N3O5. The van der Waals surface area contributed by atoms with Crippen molar-refractivity contribution in [3.8, 4) is 17.2 Å². The Morgan fingerprint density at radius 3 is 2.38 bits per heavy atom. The van der Waals surface area contributed by atoms with Crippen molar-refractivity contribution < 1.29 is 24.2 Å². The Bertz CT molecular complexity index is 1240. The third-order valence-corrected chi connectivity index (χ3v) is 4.80. The van der Waals surface area contributed by atoms with Gasteiger partial charge in [-0.3, -0.25) is 9.59 Å². The first-order chi connectivity index (χ1) is 16.4. The lowest BCUT2D eigenvalue weighted by Gasteiger charge is -2.11. The number of hydrogen-bond acceptors (Lipinski definition) is 6. The number of aryl methyl sites for hydroxylation is 1. The molecule has 0 atom stereocenters. The number of ether oxygens (including phenoxy) is 2. The van der Waals surface area contributed by atoms with Crippen molar-refractivity contribution in [2.45, 2.75) is 6.92 Å². The van der Waals surface area contributed by atoms with Crippen LogP contribution in [0, 0.1) is 6.92 Å². The summed E-state index contributed by atoms with van der Waals surface area (Å²) in [4.78, 5) is 25.6. The zero-order valence-corrected chi connectivity index (χ0v) is 19.0. The standard InChI is InChI=1S/C26H25N3O5/c1-17-9-11-22(30)20(13-17)16-27-29-26(32)21(28-25(31)19-7-5-4-6-8-19)14-18-10-12-23(33-2)24(15-18)34-3/h4-16,30H,1-3H3,(H,28,31)(H,29,32)/b21-14+,27-16+. The Morgan fingerprint density at radius 2 is 1.68 bits per heavy atom. The largest absolute Gasteiger partial charge is 0.507 e. The summed E-state index contributed by atoms with van der Waals surface area (Å²) in [7, 11) is 3.03. The molecule has 8 nitrogen and oxygen atoms in total. The van der Waals surface area contributed by atoms with Crippen LogP contribution in [0.4, 0.5) is 0 Å². The highest BCUT2D eigenvalue weighted by Crippen LogP contribution is 2.28. The first-order valence-electron chi connectivity index (χ1n) is 10.3. The van der Waals surface area contributed by atoms with Gasteiger partial charge in [0.05, 0.1) is 20.4 Å². The Labute approximate surface area is 197 Å². The maximum Gasteiger partial charge on any atom is 0.287 e. The third kappa shape index (κ3) is 6.23. The number of rotatable bonds is 8. The lowest BCUT2D eigenvalue weighted by molar-refractivity contribution is -0.117. The number of aromatic hydroxyl groups is 1. The highest BCUT2D eigenvalue weighted by Gasteiger charge is 2.15. The van der Waals surface area contributed by atoms with E-state index in [2.05, 4.69) is 15.8 Å². The Balaban J connectivity index is 1.88. The number of amides is 2. The van der Waals surface area contributed by atoms with Gasteiger partial charge in [0.25, 0.3) is 11.8 Å². The van der Waals surface area contributed by atoms with Crippen LogP contribution >= 0.6 is 0 Å². The van der Waals surface area contributed by atoms with Crippen molar-refractivity contribution >= 4 is 24.1 Å². The fourth-order valence-electron chi connectivity index (χ4n) is 3.05. The molecule has 0 unspecified atom stereocenters. The van der Waals surface area contributed by atoms with Crippen LogP contribution in [0.5, 0.6) is 17.2 Å². The molecule has 34 heavy (non-hydrogen) atoms. The molecule has 0 bridgehead atoms. The normalized spacial score (nSPS) is 11.2. The Kier molecular flexibility index (Phi) is 8.02. The van der Waals surface area contributed by atoms with Crippen molar-refractivity contribution in [1.29, 1.82) is 0 Å². The van der Waals surface area contributed by atoms with Gasteiger partial charge in [-0.2, -0.15) is 5.10 Å². The zero-order chi connectivity index (χ0) is 24.5. The van der Waals surface area contributed by atoms with Crippen LogP contribution < -0.4 is 20.2 Å². The summed E-state index contributed by atoms with van der Waals surface area (Å²) in [6.45, 7) is 1.87. The summed E-state index contributed by atoms with van der Waals surface area (Å²) >= 11 is 0. The number of benzene rings is 3. The maximum absolute atomic E-state index is 12.9. The molecule has 0 radical (unpaired) electrons. The van der Waals surface area contributed by atoms with Crippen LogP contribution in [0.25, 0.3) is 6.08 Å². The summed E-state index contributed by atoms with van der Waals surface area (Å²) in [5, 5.41) is 16.5. The second-order valence-electron chi connectivity index (χ2n) is 7.25. The van der Waals surface area contributed by atoms with Crippen LogP contribution in [-0.2, 0) is 4.79 Å². The number of phenolic OH excluding ortho intramolecular Hbond substituents is 1. The van der Waals surface area contributed by atoms with Crippen molar-refractivity contribution in [2.24, 2.45) is 5.10 Å². The number of carbonyl (C=O) groups excluding carboxylic acids is 2. The average Bonchev–Trinajstić information content (AvgIpc) is 2.86. The SMILES string of the molecule is COc1ccc(/C=C(/NC(=O)c2ccccc2)C(=O)N/N=C/c2cc(C)ccc2O)cc1OC. The molecule has 0 aliphatic rings. The topological polar surface area (TPSA) is 109 Å². The molecule has 0 aliphatic heterocycles. The average molecular weight is 460 g/mol. The summed E-state index contributed by atoms with van der Waals surface area (Å²) in [5.74, 6) is -0.0767. The number of nitrogens with one attached hydrogen (secondary N) is 2. The zero-order valence-electron chi connectivity index (χ0n) is 19.0. The molecule has 2 amide bonds. The van der Waals surface area contributed by atoms with E-state index in [0.717, 1.165) is 5.56 Å². The van der Waals surface area contributed by atoms with Crippen molar-refractivity contribution in [3.63, 3.8) is 0 Å². The molecule has 0 spiro atoms. The second-order valence-corrected chi connectivity index (χ2v) is 7.25. The minimum atomic E-state index is -0.651. The van der Waals surface area contributed by atoms with Gasteiger partial charge in [-0.15, -0.1) is 0 Å². The van der Waals surface area contributed by atoms with Gasteiger partial charge in [-0.1, -0.05) is 35.9 Å². The predicted octanol–water partition coefficient (Wildman–Crippen LogP) is 3.64. The molecule has 3 N–H and O–H groups in total. The van der Waals surface area contributed by atoms with E-state index in [9.17, 15) is 14.7 Å². The molecule has 0 saturated heterocycles. The van der Waals surface area contributed by atoms with Gasteiger partial charge in [0.1, 0.15) is 11.4 Å². The number of phenols is 1.